The Morgan fingerprint density at radius 2 is 0.545 bits per heavy atom. The first-order valence-electron chi connectivity index (χ1n) is 39.5. The molecule has 0 radical (unpaired) electrons. The SMILES string of the molecule is CC/C=C\C/C=C\C/C=C\C/C=C\C/C=C\CCCCCC(=O)OCC(COP(=O)(O)OCC(O)COP(=O)(O)OCC(O)COC(=O)CCCCCCCCCCCCCCCCCCC/C=C\C/C=C\C/C=C\C/C=C\CCCCC)OC(=O)CCCCCCC/C=C\C/C=C\CCC. The minimum Gasteiger partial charge on any atom is -0.463 e. The van der Waals surface area contributed by atoms with Gasteiger partial charge in [-0.15, -0.1) is 0 Å². The molecule has 0 aliphatic heterocycles. The molecule has 0 heterocycles. The maximum Gasteiger partial charge on any atom is 0.472 e. The molecule has 5 atom stereocenters. The average molecular weight is 1460 g/mol. The van der Waals surface area contributed by atoms with E-state index < -0.39 is 91.5 Å². The fraction of sp³-hybridized carbons (Fsp3) is 0.699. The van der Waals surface area contributed by atoms with Crippen LogP contribution in [0, 0.1) is 0 Å². The zero-order valence-corrected chi connectivity index (χ0v) is 65.1. The van der Waals surface area contributed by atoms with Crippen LogP contribution in [0.15, 0.2) is 134 Å². The lowest BCUT2D eigenvalue weighted by atomic mass is 10.0. The van der Waals surface area contributed by atoms with Crippen LogP contribution in [0.2, 0.25) is 0 Å². The lowest BCUT2D eigenvalue weighted by Crippen LogP contribution is -2.30. The molecule has 0 bridgehead atoms. The molecule has 0 saturated carbocycles. The molecule has 0 amide bonds. The molecule has 0 aliphatic carbocycles. The first kappa shape index (κ1) is 96.7. The van der Waals surface area contributed by atoms with Gasteiger partial charge in [0.05, 0.1) is 26.4 Å². The van der Waals surface area contributed by atoms with E-state index in [9.17, 15) is 43.5 Å². The highest BCUT2D eigenvalue weighted by molar-refractivity contribution is 7.47. The second kappa shape index (κ2) is 75.4. The summed E-state index contributed by atoms with van der Waals surface area (Å²) in [6.45, 7) is 2.42. The molecule has 0 aliphatic rings. The fourth-order valence-electron chi connectivity index (χ4n) is 10.3. The number of rotatable bonds is 74. The number of unbranched alkanes of at least 4 members (excludes halogenated alkanes) is 29. The van der Waals surface area contributed by atoms with E-state index in [1.165, 1.54) is 116 Å². The van der Waals surface area contributed by atoms with Gasteiger partial charge in [-0.2, -0.15) is 0 Å². The number of phosphoric ester groups is 2. The number of hydrogen-bond donors (Lipinski definition) is 4. The Bertz CT molecular complexity index is 2370. The number of hydrogen-bond acceptors (Lipinski definition) is 14. The summed E-state index contributed by atoms with van der Waals surface area (Å²) in [5.41, 5.74) is 0. The van der Waals surface area contributed by atoms with Crippen molar-refractivity contribution in [2.24, 2.45) is 0 Å². The van der Waals surface area contributed by atoms with Gasteiger partial charge in [0.1, 0.15) is 25.4 Å². The van der Waals surface area contributed by atoms with E-state index >= 15 is 0 Å². The van der Waals surface area contributed by atoms with Crippen molar-refractivity contribution in [2.45, 2.75) is 334 Å². The highest BCUT2D eigenvalue weighted by atomic mass is 31.2. The summed E-state index contributed by atoms with van der Waals surface area (Å²) < 4.78 is 61.0. The number of phosphoric acid groups is 2. The van der Waals surface area contributed by atoms with Crippen molar-refractivity contribution in [2.75, 3.05) is 39.6 Å². The van der Waals surface area contributed by atoms with Gasteiger partial charge in [0.25, 0.3) is 0 Å². The highest BCUT2D eigenvalue weighted by Gasteiger charge is 2.29. The minimum atomic E-state index is -4.94. The van der Waals surface area contributed by atoms with Crippen molar-refractivity contribution >= 4 is 33.6 Å². The summed E-state index contributed by atoms with van der Waals surface area (Å²) in [5, 5.41) is 20.6. The second-order valence-electron chi connectivity index (χ2n) is 26.1. The first-order valence-corrected chi connectivity index (χ1v) is 42.5. The topological polar surface area (TPSA) is 231 Å². The quantitative estimate of drug-likeness (QED) is 0.0146. The Hall–Kier alpha value is -4.31. The largest absolute Gasteiger partial charge is 0.472 e. The Labute approximate surface area is 614 Å². The van der Waals surface area contributed by atoms with Gasteiger partial charge in [-0.1, -0.05) is 296 Å². The monoisotopic (exact) mass is 1460 g/mol. The molecule has 0 saturated heterocycles. The molecule has 16 nitrogen and oxygen atoms in total. The van der Waals surface area contributed by atoms with Crippen LogP contribution >= 0.6 is 15.6 Å². The van der Waals surface area contributed by atoms with E-state index in [0.29, 0.717) is 19.3 Å². The molecular formula is C83H142O16P2. The van der Waals surface area contributed by atoms with E-state index in [2.05, 4.69) is 154 Å². The predicted octanol–water partition coefficient (Wildman–Crippen LogP) is 23.1. The molecule has 580 valence electrons. The molecule has 0 aromatic heterocycles. The van der Waals surface area contributed by atoms with Crippen molar-refractivity contribution in [1.82, 2.24) is 0 Å². The van der Waals surface area contributed by atoms with Crippen LogP contribution in [0.4, 0.5) is 0 Å². The van der Waals surface area contributed by atoms with Crippen molar-refractivity contribution in [3.05, 3.63) is 134 Å². The van der Waals surface area contributed by atoms with Crippen LogP contribution < -0.4 is 0 Å². The van der Waals surface area contributed by atoms with Gasteiger partial charge in [-0.05, 0) is 135 Å². The molecule has 101 heavy (non-hydrogen) atoms. The van der Waals surface area contributed by atoms with Gasteiger partial charge in [0, 0.05) is 19.3 Å². The summed E-state index contributed by atoms with van der Waals surface area (Å²) in [5.74, 6) is -1.63. The van der Waals surface area contributed by atoms with E-state index in [1.807, 2.05) is 0 Å². The van der Waals surface area contributed by atoms with Gasteiger partial charge in [-0.3, -0.25) is 32.5 Å². The number of aliphatic hydroxyl groups is 2. The van der Waals surface area contributed by atoms with Gasteiger partial charge in [0.2, 0.25) is 0 Å². The highest BCUT2D eigenvalue weighted by Crippen LogP contribution is 2.45. The first-order chi connectivity index (χ1) is 49.2. The minimum absolute atomic E-state index is 0.0777. The third kappa shape index (κ3) is 76.6. The van der Waals surface area contributed by atoms with Crippen LogP contribution in [-0.4, -0.2) is 95.9 Å². The number of allylic oxidation sites excluding steroid dienone is 22. The zero-order valence-electron chi connectivity index (χ0n) is 63.3. The Morgan fingerprint density at radius 3 is 0.881 bits per heavy atom. The van der Waals surface area contributed by atoms with Crippen LogP contribution in [-0.2, 0) is 55.8 Å². The molecular weight excluding hydrogens is 1310 g/mol. The molecule has 0 spiro atoms. The summed E-state index contributed by atoms with van der Waals surface area (Å²) in [6.07, 6.45) is 91.0. The predicted molar refractivity (Wildman–Crippen MR) is 417 cm³/mol. The molecule has 0 aromatic carbocycles. The summed E-state index contributed by atoms with van der Waals surface area (Å²) in [4.78, 5) is 58.5. The van der Waals surface area contributed by atoms with Crippen molar-refractivity contribution in [1.29, 1.82) is 0 Å². The molecule has 18 heteroatoms. The van der Waals surface area contributed by atoms with E-state index in [4.69, 9.17) is 32.3 Å². The lowest BCUT2D eigenvalue weighted by molar-refractivity contribution is -0.161. The van der Waals surface area contributed by atoms with Crippen molar-refractivity contribution in [3.63, 3.8) is 0 Å². The zero-order chi connectivity index (χ0) is 73.7. The maximum absolute atomic E-state index is 12.9. The van der Waals surface area contributed by atoms with Gasteiger partial charge >= 0.3 is 33.6 Å². The van der Waals surface area contributed by atoms with Crippen molar-refractivity contribution in [3.8, 4) is 0 Å². The average Bonchev–Trinajstić information content (AvgIpc) is 0.964. The van der Waals surface area contributed by atoms with E-state index in [0.717, 1.165) is 141 Å². The van der Waals surface area contributed by atoms with Crippen molar-refractivity contribution < 1.29 is 75.8 Å². The smallest absolute Gasteiger partial charge is 0.463 e. The van der Waals surface area contributed by atoms with Crippen LogP contribution in [0.3, 0.4) is 0 Å². The molecule has 0 rings (SSSR count). The molecule has 5 unspecified atom stereocenters. The van der Waals surface area contributed by atoms with Crippen LogP contribution in [0.25, 0.3) is 0 Å². The second-order valence-corrected chi connectivity index (χ2v) is 29.0. The van der Waals surface area contributed by atoms with Crippen LogP contribution in [0.5, 0.6) is 0 Å². The Morgan fingerprint density at radius 1 is 0.287 bits per heavy atom. The molecule has 0 aromatic rings. The normalized spacial score (nSPS) is 14.7. The fourth-order valence-corrected chi connectivity index (χ4v) is 11.9. The number of ether oxygens (including phenoxy) is 3. The summed E-state index contributed by atoms with van der Waals surface area (Å²) >= 11 is 0. The Balaban J connectivity index is 4.43. The van der Waals surface area contributed by atoms with Crippen LogP contribution in [0.1, 0.15) is 316 Å². The number of carbonyl (C=O) groups excluding carboxylic acids is 3. The number of esters is 3. The van der Waals surface area contributed by atoms with Gasteiger partial charge < -0.3 is 34.2 Å². The van der Waals surface area contributed by atoms with E-state index in [-0.39, 0.29) is 19.3 Å². The third-order valence-electron chi connectivity index (χ3n) is 16.3. The number of carbonyl (C=O) groups is 3. The standard InChI is InChI=1S/C83H142O16P2/c1-4-7-10-13-16-19-22-25-27-29-31-32-33-34-35-36-37-38-39-40-41-42-43-44-46-48-49-52-54-57-60-63-66-69-81(86)93-72-78(84)73-95-100(89,90)96-74-79(85)75-97-101(91,92)98-77-80(99-83(88)71-68-65-62-59-56-51-24-21-18-15-12-9-6-3)76-94-82(87)70-67-64-61-58-55-53-50-47-45-30-28-26-23-20-17-14-11-8-5-2/h8,11-12,15-17,19-21,24-28,31-32,34-35,45,47,53,55,78-80,84-85H,4-7,9-10,13-14,18,22-23,29-30,33,36-44,46,48-52,54,56-77H2,1-3H3,(H,89,90)(H,91,92)/b11-8-,15-12-,19-16-,20-17-,24-21-,27-25-,28-26-,32-31-,35-34-,47-45-,55-53-. The van der Waals surface area contributed by atoms with E-state index in [1.54, 1.807) is 0 Å². The summed E-state index contributed by atoms with van der Waals surface area (Å²) in [7, 11) is -9.80. The summed E-state index contributed by atoms with van der Waals surface area (Å²) in [6, 6.07) is 0. The maximum atomic E-state index is 12.9. The number of aliphatic hydroxyl groups excluding tert-OH is 2. The molecule has 4 N–H and O–H groups in total. The third-order valence-corrected chi connectivity index (χ3v) is 18.2. The van der Waals surface area contributed by atoms with Gasteiger partial charge in [-0.25, -0.2) is 9.13 Å². The van der Waals surface area contributed by atoms with Gasteiger partial charge in [0.15, 0.2) is 6.10 Å². The molecule has 0 fully saturated rings. The lowest BCUT2D eigenvalue weighted by Gasteiger charge is -2.21. The Kier molecular flexibility index (Phi) is 72.2.